The summed E-state index contributed by atoms with van der Waals surface area (Å²) < 4.78 is 0. The van der Waals surface area contributed by atoms with E-state index in [9.17, 15) is 0 Å². The largest absolute Gasteiger partial charge is 0.373 e. The van der Waals surface area contributed by atoms with Gasteiger partial charge in [0.05, 0.1) is 0 Å². The summed E-state index contributed by atoms with van der Waals surface area (Å²) in [6, 6.07) is 0. The average molecular weight is 276 g/mol. The van der Waals surface area contributed by atoms with Gasteiger partial charge in [0, 0.05) is 24.6 Å². The van der Waals surface area contributed by atoms with Crippen molar-refractivity contribution >= 4 is 11.6 Å². The molecule has 0 aromatic carbocycles. The Balaban J connectivity index is 2.21. The summed E-state index contributed by atoms with van der Waals surface area (Å²) in [5.41, 5.74) is 1.07. The van der Waals surface area contributed by atoms with E-state index in [4.69, 9.17) is 4.98 Å². The van der Waals surface area contributed by atoms with Crippen molar-refractivity contribution in [3.05, 3.63) is 11.4 Å². The van der Waals surface area contributed by atoms with Gasteiger partial charge >= 0.3 is 0 Å². The predicted molar refractivity (Wildman–Crippen MR) is 85.5 cm³/mol. The number of nitrogens with one attached hydrogen (secondary N) is 2. The monoisotopic (exact) mass is 276 g/mol. The number of anilines is 2. The first-order valence-corrected chi connectivity index (χ1v) is 7.72. The molecule has 1 aromatic heterocycles. The van der Waals surface area contributed by atoms with Crippen LogP contribution >= 0.6 is 0 Å². The van der Waals surface area contributed by atoms with Crippen LogP contribution in [0.15, 0.2) is 0 Å². The second-order valence-corrected chi connectivity index (χ2v) is 6.90. The minimum absolute atomic E-state index is 0.0386. The van der Waals surface area contributed by atoms with Gasteiger partial charge in [-0.1, -0.05) is 33.6 Å². The van der Waals surface area contributed by atoms with Crippen LogP contribution in [0.3, 0.4) is 0 Å². The van der Waals surface area contributed by atoms with Gasteiger partial charge in [-0.05, 0) is 25.7 Å². The van der Waals surface area contributed by atoms with Gasteiger partial charge in [0.1, 0.15) is 17.5 Å². The number of nitrogens with zero attached hydrogens (tertiary/aromatic N) is 2. The highest BCUT2D eigenvalue weighted by Gasteiger charge is 2.21. The lowest BCUT2D eigenvalue weighted by Gasteiger charge is -2.21. The normalized spacial score (nSPS) is 16.4. The molecule has 1 aliphatic carbocycles. The van der Waals surface area contributed by atoms with Crippen molar-refractivity contribution in [3.8, 4) is 0 Å². The van der Waals surface area contributed by atoms with Crippen LogP contribution in [0.5, 0.6) is 0 Å². The van der Waals surface area contributed by atoms with Crippen LogP contribution in [0.25, 0.3) is 0 Å². The summed E-state index contributed by atoms with van der Waals surface area (Å²) in [6.45, 7) is 9.56. The number of aromatic nitrogens is 2. The van der Waals surface area contributed by atoms with Crippen molar-refractivity contribution in [1.29, 1.82) is 0 Å². The minimum Gasteiger partial charge on any atom is -0.373 e. The molecule has 2 rings (SSSR count). The molecule has 0 bridgehead atoms. The van der Waals surface area contributed by atoms with Gasteiger partial charge < -0.3 is 10.6 Å². The first-order valence-electron chi connectivity index (χ1n) is 7.72. The third-order valence-corrected chi connectivity index (χ3v) is 4.09. The molecule has 0 spiro atoms. The maximum absolute atomic E-state index is 4.75. The second kappa shape index (κ2) is 5.98. The van der Waals surface area contributed by atoms with Crippen molar-refractivity contribution in [2.24, 2.45) is 5.92 Å². The van der Waals surface area contributed by atoms with Crippen molar-refractivity contribution in [2.45, 2.75) is 58.8 Å². The fourth-order valence-electron chi connectivity index (χ4n) is 2.72. The first kappa shape index (κ1) is 15.1. The fraction of sp³-hybridized carbons (Fsp3) is 0.750. The van der Waals surface area contributed by atoms with Gasteiger partial charge in [0.15, 0.2) is 0 Å². The molecule has 1 fully saturated rings. The average Bonchev–Trinajstić information content (AvgIpc) is 2.89. The quantitative estimate of drug-likeness (QED) is 0.880. The molecule has 0 atom stereocenters. The first-order chi connectivity index (χ1) is 9.41. The van der Waals surface area contributed by atoms with Crippen LogP contribution in [0.2, 0.25) is 0 Å². The van der Waals surface area contributed by atoms with Crippen molar-refractivity contribution in [1.82, 2.24) is 9.97 Å². The minimum atomic E-state index is -0.0386. The Morgan fingerprint density at radius 2 is 1.70 bits per heavy atom. The highest BCUT2D eigenvalue weighted by atomic mass is 15.1. The van der Waals surface area contributed by atoms with Crippen LogP contribution in [-0.4, -0.2) is 23.6 Å². The lowest BCUT2D eigenvalue weighted by molar-refractivity contribution is 0.544. The molecule has 1 saturated carbocycles. The van der Waals surface area contributed by atoms with Gasteiger partial charge in [-0.15, -0.1) is 0 Å². The SMILES string of the molecule is CNc1nc(C(C)(C)C)nc(NCC2CCCC2)c1C. The topological polar surface area (TPSA) is 49.8 Å². The van der Waals surface area contributed by atoms with E-state index in [0.29, 0.717) is 0 Å². The zero-order valence-electron chi connectivity index (χ0n) is 13.5. The molecule has 0 saturated heterocycles. The third kappa shape index (κ3) is 3.41. The van der Waals surface area contributed by atoms with E-state index in [1.165, 1.54) is 25.7 Å². The Hall–Kier alpha value is -1.32. The summed E-state index contributed by atoms with van der Waals surface area (Å²) in [4.78, 5) is 9.39. The highest BCUT2D eigenvalue weighted by Crippen LogP contribution is 2.28. The molecule has 20 heavy (non-hydrogen) atoms. The third-order valence-electron chi connectivity index (χ3n) is 4.09. The Morgan fingerprint density at radius 3 is 2.25 bits per heavy atom. The summed E-state index contributed by atoms with van der Waals surface area (Å²) in [5.74, 6) is 3.61. The molecule has 1 heterocycles. The number of rotatable bonds is 4. The molecular formula is C16H28N4. The molecule has 1 aliphatic rings. The van der Waals surface area contributed by atoms with E-state index >= 15 is 0 Å². The smallest absolute Gasteiger partial charge is 0.138 e. The van der Waals surface area contributed by atoms with E-state index in [0.717, 1.165) is 35.5 Å². The highest BCUT2D eigenvalue weighted by molar-refractivity contribution is 5.57. The molecule has 112 valence electrons. The Kier molecular flexibility index (Phi) is 4.51. The fourth-order valence-corrected chi connectivity index (χ4v) is 2.72. The van der Waals surface area contributed by atoms with Crippen molar-refractivity contribution in [2.75, 3.05) is 24.2 Å². The van der Waals surface area contributed by atoms with Crippen molar-refractivity contribution < 1.29 is 0 Å². The second-order valence-electron chi connectivity index (χ2n) is 6.90. The zero-order chi connectivity index (χ0) is 14.8. The van der Waals surface area contributed by atoms with Crippen LogP contribution in [0.4, 0.5) is 11.6 Å². The Morgan fingerprint density at radius 1 is 1.10 bits per heavy atom. The molecule has 2 N–H and O–H groups in total. The van der Waals surface area contributed by atoms with Crippen LogP contribution < -0.4 is 10.6 Å². The summed E-state index contributed by atoms with van der Waals surface area (Å²) in [7, 11) is 1.92. The zero-order valence-corrected chi connectivity index (χ0v) is 13.5. The van der Waals surface area contributed by atoms with Gasteiger partial charge in [0.2, 0.25) is 0 Å². The van der Waals surface area contributed by atoms with E-state index in [1.807, 2.05) is 7.05 Å². The molecule has 0 radical (unpaired) electrons. The van der Waals surface area contributed by atoms with E-state index in [1.54, 1.807) is 0 Å². The van der Waals surface area contributed by atoms with Crippen LogP contribution in [-0.2, 0) is 5.41 Å². The lowest BCUT2D eigenvalue weighted by atomic mass is 9.95. The van der Waals surface area contributed by atoms with Gasteiger partial charge in [-0.3, -0.25) is 0 Å². The van der Waals surface area contributed by atoms with Gasteiger partial charge in [-0.2, -0.15) is 0 Å². The number of hydrogen-bond donors (Lipinski definition) is 2. The predicted octanol–water partition coefficient (Wildman–Crippen LogP) is 3.73. The van der Waals surface area contributed by atoms with Gasteiger partial charge in [0.25, 0.3) is 0 Å². The Labute approximate surface area is 122 Å². The molecule has 0 amide bonds. The van der Waals surface area contributed by atoms with E-state index in [2.05, 4.69) is 43.3 Å². The molecule has 4 nitrogen and oxygen atoms in total. The molecule has 0 aliphatic heterocycles. The lowest BCUT2D eigenvalue weighted by Crippen LogP contribution is -2.20. The van der Waals surface area contributed by atoms with Crippen LogP contribution in [0, 0.1) is 12.8 Å². The van der Waals surface area contributed by atoms with E-state index in [-0.39, 0.29) is 5.41 Å². The summed E-state index contributed by atoms with van der Waals surface area (Å²) in [5, 5.41) is 6.74. The molecule has 4 heteroatoms. The standard InChI is InChI=1S/C16H28N4/c1-11-13(17-5)19-15(16(2,3)4)20-14(11)18-10-12-8-6-7-9-12/h12H,6-10H2,1-5H3,(H2,17,18,19,20). The molecular weight excluding hydrogens is 248 g/mol. The maximum Gasteiger partial charge on any atom is 0.138 e. The maximum atomic E-state index is 4.75. The molecule has 0 unspecified atom stereocenters. The summed E-state index contributed by atoms with van der Waals surface area (Å²) >= 11 is 0. The Bertz CT molecular complexity index is 456. The van der Waals surface area contributed by atoms with Crippen molar-refractivity contribution in [3.63, 3.8) is 0 Å². The van der Waals surface area contributed by atoms with E-state index < -0.39 is 0 Å². The number of hydrogen-bond acceptors (Lipinski definition) is 4. The molecule has 1 aromatic rings. The summed E-state index contributed by atoms with van der Waals surface area (Å²) in [6.07, 6.45) is 5.46. The van der Waals surface area contributed by atoms with Gasteiger partial charge in [-0.25, -0.2) is 9.97 Å². The van der Waals surface area contributed by atoms with Crippen LogP contribution in [0.1, 0.15) is 57.8 Å².